The highest BCUT2D eigenvalue weighted by molar-refractivity contribution is 7.50. The van der Waals surface area contributed by atoms with Crippen LogP contribution in [0.25, 0.3) is 0 Å². The SMILES string of the molecule is CP(C)OC1CCCC1. The molecule has 0 unspecified atom stereocenters. The van der Waals surface area contributed by atoms with E-state index in [1.54, 1.807) is 0 Å². The highest BCUT2D eigenvalue weighted by Crippen LogP contribution is 2.34. The van der Waals surface area contributed by atoms with E-state index >= 15 is 0 Å². The molecule has 1 rings (SSSR count). The first-order valence-electron chi connectivity index (χ1n) is 3.63. The van der Waals surface area contributed by atoms with Gasteiger partial charge in [0.05, 0.1) is 6.10 Å². The molecular formula is C7H15OP. The van der Waals surface area contributed by atoms with Crippen LogP contribution < -0.4 is 0 Å². The minimum atomic E-state index is -0.111. The Bertz CT molecular complexity index is 77.0. The van der Waals surface area contributed by atoms with Crippen LogP contribution >= 0.6 is 8.15 Å². The van der Waals surface area contributed by atoms with Crippen LogP contribution in [0.4, 0.5) is 0 Å². The van der Waals surface area contributed by atoms with Crippen molar-refractivity contribution in [2.45, 2.75) is 31.8 Å². The Morgan fingerprint density at radius 3 is 2.22 bits per heavy atom. The van der Waals surface area contributed by atoms with Crippen LogP contribution in [-0.2, 0) is 4.52 Å². The molecule has 0 atom stereocenters. The van der Waals surface area contributed by atoms with Crippen LogP contribution in [-0.4, -0.2) is 19.4 Å². The zero-order chi connectivity index (χ0) is 6.69. The van der Waals surface area contributed by atoms with E-state index < -0.39 is 0 Å². The van der Waals surface area contributed by atoms with Gasteiger partial charge in [-0.15, -0.1) is 0 Å². The Balaban J connectivity index is 2.11. The summed E-state index contributed by atoms with van der Waals surface area (Å²) < 4.78 is 5.68. The molecule has 2 heteroatoms. The van der Waals surface area contributed by atoms with Crippen molar-refractivity contribution in [2.24, 2.45) is 0 Å². The van der Waals surface area contributed by atoms with Gasteiger partial charge in [-0.05, 0) is 26.2 Å². The lowest BCUT2D eigenvalue weighted by molar-refractivity contribution is 0.238. The van der Waals surface area contributed by atoms with Crippen molar-refractivity contribution in [1.29, 1.82) is 0 Å². The maximum Gasteiger partial charge on any atom is 0.0617 e. The molecular weight excluding hydrogens is 131 g/mol. The van der Waals surface area contributed by atoms with Gasteiger partial charge in [0, 0.05) is 8.15 Å². The largest absolute Gasteiger partial charge is 0.357 e. The van der Waals surface area contributed by atoms with E-state index in [0.29, 0.717) is 6.10 Å². The van der Waals surface area contributed by atoms with Crippen molar-refractivity contribution in [3.05, 3.63) is 0 Å². The molecule has 0 amide bonds. The van der Waals surface area contributed by atoms with Gasteiger partial charge in [0.25, 0.3) is 0 Å². The molecule has 0 bridgehead atoms. The standard InChI is InChI=1S/C7H15OP/c1-9(2)8-7-5-3-4-6-7/h7H,3-6H2,1-2H3. The molecule has 0 N–H and O–H groups in total. The summed E-state index contributed by atoms with van der Waals surface area (Å²) in [4.78, 5) is 0. The third-order valence-corrected chi connectivity index (χ3v) is 2.38. The summed E-state index contributed by atoms with van der Waals surface area (Å²) >= 11 is 0. The molecule has 54 valence electrons. The lowest BCUT2D eigenvalue weighted by Gasteiger charge is -2.13. The fraction of sp³-hybridized carbons (Fsp3) is 1.00. The molecule has 0 aliphatic heterocycles. The Morgan fingerprint density at radius 2 is 1.78 bits per heavy atom. The van der Waals surface area contributed by atoms with Gasteiger partial charge in [0.2, 0.25) is 0 Å². The summed E-state index contributed by atoms with van der Waals surface area (Å²) in [6.45, 7) is 4.35. The average Bonchev–Trinajstić information content (AvgIpc) is 2.15. The molecule has 9 heavy (non-hydrogen) atoms. The molecule has 1 saturated carbocycles. The molecule has 1 aliphatic carbocycles. The van der Waals surface area contributed by atoms with E-state index in [1.807, 2.05) is 0 Å². The van der Waals surface area contributed by atoms with E-state index in [9.17, 15) is 0 Å². The van der Waals surface area contributed by atoms with Gasteiger partial charge in [-0.1, -0.05) is 12.8 Å². The molecule has 0 radical (unpaired) electrons. The second kappa shape index (κ2) is 3.53. The van der Waals surface area contributed by atoms with Crippen LogP contribution in [0, 0.1) is 0 Å². The van der Waals surface area contributed by atoms with Crippen molar-refractivity contribution >= 4 is 8.15 Å². The smallest absolute Gasteiger partial charge is 0.0617 e. The topological polar surface area (TPSA) is 9.23 Å². The molecule has 0 spiro atoms. The minimum Gasteiger partial charge on any atom is -0.357 e. The normalized spacial score (nSPS) is 21.7. The lowest BCUT2D eigenvalue weighted by Crippen LogP contribution is -2.01. The predicted molar refractivity (Wildman–Crippen MR) is 42.1 cm³/mol. The highest BCUT2D eigenvalue weighted by Gasteiger charge is 2.15. The predicted octanol–water partition coefficient (Wildman–Crippen LogP) is 2.60. The van der Waals surface area contributed by atoms with E-state index in [1.165, 1.54) is 25.7 Å². The van der Waals surface area contributed by atoms with Gasteiger partial charge in [-0.2, -0.15) is 0 Å². The molecule has 0 aromatic heterocycles. The Labute approximate surface area is 58.6 Å². The van der Waals surface area contributed by atoms with Crippen LogP contribution in [0.2, 0.25) is 0 Å². The van der Waals surface area contributed by atoms with Crippen molar-refractivity contribution in [2.75, 3.05) is 13.3 Å². The molecule has 1 aliphatic rings. The Hall–Kier alpha value is 0.390. The molecule has 0 aromatic rings. The summed E-state index contributed by atoms with van der Waals surface area (Å²) in [7, 11) is -0.111. The van der Waals surface area contributed by atoms with E-state index in [0.717, 1.165) is 0 Å². The number of hydrogen-bond donors (Lipinski definition) is 0. The second-order valence-corrected chi connectivity index (χ2v) is 4.66. The van der Waals surface area contributed by atoms with Crippen molar-refractivity contribution < 1.29 is 4.52 Å². The Morgan fingerprint density at radius 1 is 1.22 bits per heavy atom. The minimum absolute atomic E-state index is 0.111. The zero-order valence-electron chi connectivity index (χ0n) is 6.26. The van der Waals surface area contributed by atoms with Gasteiger partial charge in [0.1, 0.15) is 0 Å². The summed E-state index contributed by atoms with van der Waals surface area (Å²) in [5.74, 6) is 0. The fourth-order valence-electron chi connectivity index (χ4n) is 1.29. The van der Waals surface area contributed by atoms with Crippen molar-refractivity contribution in [3.8, 4) is 0 Å². The third kappa shape index (κ3) is 2.64. The molecule has 0 aromatic carbocycles. The zero-order valence-corrected chi connectivity index (χ0v) is 7.16. The molecule has 1 nitrogen and oxygen atoms in total. The summed E-state index contributed by atoms with van der Waals surface area (Å²) in [5.41, 5.74) is 0. The third-order valence-electron chi connectivity index (χ3n) is 1.66. The van der Waals surface area contributed by atoms with Gasteiger partial charge >= 0.3 is 0 Å². The second-order valence-electron chi connectivity index (χ2n) is 2.82. The van der Waals surface area contributed by atoms with Crippen molar-refractivity contribution in [3.63, 3.8) is 0 Å². The summed E-state index contributed by atoms with van der Waals surface area (Å²) in [5, 5.41) is 0. The quantitative estimate of drug-likeness (QED) is 0.544. The molecule has 0 saturated heterocycles. The van der Waals surface area contributed by atoms with Gasteiger partial charge in [-0.3, -0.25) is 0 Å². The van der Waals surface area contributed by atoms with E-state index in [4.69, 9.17) is 4.52 Å². The maximum absolute atomic E-state index is 5.68. The lowest BCUT2D eigenvalue weighted by atomic mass is 10.3. The van der Waals surface area contributed by atoms with E-state index in [-0.39, 0.29) is 8.15 Å². The van der Waals surface area contributed by atoms with E-state index in [2.05, 4.69) is 13.3 Å². The molecule has 0 heterocycles. The first-order chi connectivity index (χ1) is 4.29. The van der Waals surface area contributed by atoms with Crippen LogP contribution in [0.5, 0.6) is 0 Å². The maximum atomic E-state index is 5.68. The molecule has 1 fully saturated rings. The van der Waals surface area contributed by atoms with Gasteiger partial charge < -0.3 is 4.52 Å². The first kappa shape index (κ1) is 7.50. The van der Waals surface area contributed by atoms with Gasteiger partial charge in [0.15, 0.2) is 0 Å². The fourth-order valence-corrected chi connectivity index (χ4v) is 2.10. The summed E-state index contributed by atoms with van der Waals surface area (Å²) in [6, 6.07) is 0. The first-order valence-corrected chi connectivity index (χ1v) is 5.78. The van der Waals surface area contributed by atoms with Gasteiger partial charge in [-0.25, -0.2) is 0 Å². The number of hydrogen-bond acceptors (Lipinski definition) is 1. The number of rotatable bonds is 2. The van der Waals surface area contributed by atoms with Crippen LogP contribution in [0.1, 0.15) is 25.7 Å². The highest BCUT2D eigenvalue weighted by atomic mass is 31.1. The average molecular weight is 146 g/mol. The Kier molecular flexibility index (Phi) is 2.94. The summed E-state index contributed by atoms with van der Waals surface area (Å²) in [6.07, 6.45) is 5.99. The van der Waals surface area contributed by atoms with Crippen molar-refractivity contribution in [1.82, 2.24) is 0 Å². The monoisotopic (exact) mass is 146 g/mol. The van der Waals surface area contributed by atoms with Crippen LogP contribution in [0.15, 0.2) is 0 Å². The van der Waals surface area contributed by atoms with Crippen LogP contribution in [0.3, 0.4) is 0 Å².